The zero-order chi connectivity index (χ0) is 12.8. The molecule has 0 saturated carbocycles. The van der Waals surface area contributed by atoms with Gasteiger partial charge >= 0.3 is 0 Å². The van der Waals surface area contributed by atoms with Crippen molar-refractivity contribution in [3.05, 3.63) is 71.8 Å². The summed E-state index contributed by atoms with van der Waals surface area (Å²) in [4.78, 5) is 0. The van der Waals surface area contributed by atoms with Gasteiger partial charge in [0.25, 0.3) is 0 Å². The highest BCUT2D eigenvalue weighted by Crippen LogP contribution is 2.35. The normalized spacial score (nSPS) is 11.4. The average molecular weight is 263 g/mol. The Morgan fingerprint density at radius 2 is 1.21 bits per heavy atom. The van der Waals surface area contributed by atoms with Gasteiger partial charge in [-0.05, 0) is 27.6 Å². The van der Waals surface area contributed by atoms with Crippen molar-refractivity contribution in [2.24, 2.45) is 0 Å². The summed E-state index contributed by atoms with van der Waals surface area (Å²) in [6, 6.07) is 23.2. The Balaban J connectivity index is 2.32. The zero-order valence-corrected chi connectivity index (χ0v) is 11.0. The third-order valence-electron chi connectivity index (χ3n) is 3.70. The van der Waals surface area contributed by atoms with Crippen LogP contribution in [-0.4, -0.2) is 0 Å². The van der Waals surface area contributed by atoms with E-state index in [1.807, 2.05) is 6.07 Å². The van der Waals surface area contributed by atoms with Gasteiger partial charge in [0, 0.05) is 10.8 Å². The van der Waals surface area contributed by atoms with Crippen molar-refractivity contribution in [1.82, 2.24) is 0 Å². The molecule has 0 fully saturated rings. The van der Waals surface area contributed by atoms with Crippen LogP contribution in [0.1, 0.15) is 0 Å². The third-order valence-corrected chi connectivity index (χ3v) is 4.11. The molecule has 0 aliphatic heterocycles. The second-order valence-corrected chi connectivity index (χ2v) is 5.17. The minimum Gasteiger partial charge on any atom is -0.0830 e. The Morgan fingerprint density at radius 3 is 2.05 bits per heavy atom. The predicted molar refractivity (Wildman–Crippen MR) is 84.0 cm³/mol. The lowest BCUT2D eigenvalue weighted by Gasteiger charge is -2.08. The second kappa shape index (κ2) is 3.97. The first-order valence-corrected chi connectivity index (χ1v) is 6.71. The van der Waals surface area contributed by atoms with Crippen molar-refractivity contribution >= 4 is 43.9 Å². The van der Waals surface area contributed by atoms with E-state index in [-0.39, 0.29) is 0 Å². The molecule has 4 aromatic rings. The first-order valence-electron chi connectivity index (χ1n) is 6.33. The van der Waals surface area contributed by atoms with Gasteiger partial charge in [0.15, 0.2) is 0 Å². The highest BCUT2D eigenvalue weighted by molar-refractivity contribution is 6.41. The van der Waals surface area contributed by atoms with Crippen LogP contribution in [0.4, 0.5) is 0 Å². The fourth-order valence-corrected chi connectivity index (χ4v) is 3.10. The summed E-state index contributed by atoms with van der Waals surface area (Å²) in [5.74, 6) is 0. The Labute approximate surface area is 116 Å². The quantitative estimate of drug-likeness (QED) is 0.277. The molecule has 0 nitrogen and oxygen atoms in total. The first kappa shape index (κ1) is 10.8. The summed E-state index contributed by atoms with van der Waals surface area (Å²) < 4.78 is 0. The summed E-state index contributed by atoms with van der Waals surface area (Å²) in [7, 11) is 0. The van der Waals surface area contributed by atoms with E-state index < -0.39 is 0 Å². The van der Waals surface area contributed by atoms with Gasteiger partial charge in [-0.2, -0.15) is 0 Å². The number of hydrogen-bond acceptors (Lipinski definition) is 0. The van der Waals surface area contributed by atoms with Crippen LogP contribution < -0.4 is 0 Å². The Hall–Kier alpha value is -2.05. The Morgan fingerprint density at radius 1 is 0.526 bits per heavy atom. The van der Waals surface area contributed by atoms with Crippen LogP contribution in [0, 0.1) is 0 Å². The SMILES string of the molecule is Clc1c2ccccc2cc2c1ccc1ccccc12. The van der Waals surface area contributed by atoms with E-state index in [0.717, 1.165) is 15.8 Å². The third kappa shape index (κ3) is 1.54. The molecule has 0 saturated heterocycles. The lowest BCUT2D eigenvalue weighted by Crippen LogP contribution is -1.81. The van der Waals surface area contributed by atoms with Crippen molar-refractivity contribution in [3.63, 3.8) is 0 Å². The molecule has 0 N–H and O–H groups in total. The highest BCUT2D eigenvalue weighted by atomic mass is 35.5. The summed E-state index contributed by atoms with van der Waals surface area (Å²) >= 11 is 6.57. The van der Waals surface area contributed by atoms with Gasteiger partial charge in [-0.1, -0.05) is 72.3 Å². The van der Waals surface area contributed by atoms with Crippen molar-refractivity contribution in [1.29, 1.82) is 0 Å². The van der Waals surface area contributed by atoms with Gasteiger partial charge in [-0.15, -0.1) is 0 Å². The standard InChI is InChI=1S/C18H11Cl/c19-18-15-8-4-2-6-13(15)11-17-14-7-3-1-5-12(14)9-10-16(17)18/h1-11H. The Kier molecular flexibility index (Phi) is 2.27. The summed E-state index contributed by atoms with van der Waals surface area (Å²) in [6.07, 6.45) is 0. The van der Waals surface area contributed by atoms with Crippen LogP contribution in [0.15, 0.2) is 66.7 Å². The molecular weight excluding hydrogens is 252 g/mol. The molecule has 0 spiro atoms. The summed E-state index contributed by atoms with van der Waals surface area (Å²) in [6.45, 7) is 0. The maximum atomic E-state index is 6.57. The highest BCUT2D eigenvalue weighted by Gasteiger charge is 2.07. The maximum Gasteiger partial charge on any atom is 0.0562 e. The number of rotatable bonds is 0. The molecule has 0 aliphatic carbocycles. The molecule has 0 aromatic heterocycles. The van der Waals surface area contributed by atoms with E-state index in [0.29, 0.717) is 0 Å². The van der Waals surface area contributed by atoms with Crippen LogP contribution in [0.2, 0.25) is 5.02 Å². The minimum absolute atomic E-state index is 0.846. The number of hydrogen-bond donors (Lipinski definition) is 0. The van der Waals surface area contributed by atoms with Crippen molar-refractivity contribution in [3.8, 4) is 0 Å². The minimum atomic E-state index is 0.846. The van der Waals surface area contributed by atoms with E-state index in [9.17, 15) is 0 Å². The zero-order valence-electron chi connectivity index (χ0n) is 10.2. The fraction of sp³-hybridized carbons (Fsp3) is 0. The number of benzene rings is 4. The van der Waals surface area contributed by atoms with E-state index in [4.69, 9.17) is 11.6 Å². The summed E-state index contributed by atoms with van der Waals surface area (Å²) in [5, 5.41) is 8.01. The second-order valence-electron chi connectivity index (χ2n) is 4.79. The molecular formula is C18H11Cl. The first-order chi connectivity index (χ1) is 9.34. The molecule has 0 heterocycles. The van der Waals surface area contributed by atoms with Crippen molar-refractivity contribution in [2.75, 3.05) is 0 Å². The van der Waals surface area contributed by atoms with Crippen molar-refractivity contribution < 1.29 is 0 Å². The van der Waals surface area contributed by atoms with E-state index >= 15 is 0 Å². The smallest absolute Gasteiger partial charge is 0.0562 e. The van der Waals surface area contributed by atoms with Gasteiger partial charge in [0.1, 0.15) is 0 Å². The lowest BCUT2D eigenvalue weighted by atomic mass is 9.98. The summed E-state index contributed by atoms with van der Waals surface area (Å²) in [5.41, 5.74) is 0. The molecule has 19 heavy (non-hydrogen) atoms. The molecule has 0 bridgehead atoms. The van der Waals surface area contributed by atoms with Gasteiger partial charge in [-0.3, -0.25) is 0 Å². The number of fused-ring (bicyclic) bond motifs is 4. The van der Waals surface area contributed by atoms with E-state index in [1.54, 1.807) is 0 Å². The van der Waals surface area contributed by atoms with Gasteiger partial charge in [-0.25, -0.2) is 0 Å². The number of halogens is 1. The Bertz CT molecular complexity index is 922. The van der Waals surface area contributed by atoms with Gasteiger partial charge in [0.2, 0.25) is 0 Å². The monoisotopic (exact) mass is 262 g/mol. The molecule has 4 rings (SSSR count). The van der Waals surface area contributed by atoms with Crippen molar-refractivity contribution in [2.45, 2.75) is 0 Å². The van der Waals surface area contributed by atoms with Crippen LogP contribution in [0.5, 0.6) is 0 Å². The molecule has 0 amide bonds. The van der Waals surface area contributed by atoms with E-state index in [1.165, 1.54) is 21.5 Å². The maximum absolute atomic E-state index is 6.57. The van der Waals surface area contributed by atoms with Gasteiger partial charge < -0.3 is 0 Å². The molecule has 0 unspecified atom stereocenters. The molecule has 1 heteroatoms. The van der Waals surface area contributed by atoms with Crippen LogP contribution in [0.25, 0.3) is 32.3 Å². The average Bonchev–Trinajstić information content (AvgIpc) is 2.47. The topological polar surface area (TPSA) is 0 Å². The molecule has 90 valence electrons. The molecule has 0 aliphatic rings. The van der Waals surface area contributed by atoms with Crippen LogP contribution >= 0.6 is 11.6 Å². The predicted octanol–water partition coefficient (Wildman–Crippen LogP) is 5.80. The van der Waals surface area contributed by atoms with E-state index in [2.05, 4.69) is 60.7 Å². The lowest BCUT2D eigenvalue weighted by molar-refractivity contribution is 1.77. The fourth-order valence-electron chi connectivity index (χ4n) is 2.77. The largest absolute Gasteiger partial charge is 0.0830 e. The molecule has 0 radical (unpaired) electrons. The van der Waals surface area contributed by atoms with Crippen LogP contribution in [0.3, 0.4) is 0 Å². The van der Waals surface area contributed by atoms with Gasteiger partial charge in [0.05, 0.1) is 5.02 Å². The molecule has 0 atom stereocenters. The van der Waals surface area contributed by atoms with Crippen LogP contribution in [-0.2, 0) is 0 Å². The molecule has 4 aromatic carbocycles.